The van der Waals surface area contributed by atoms with Crippen LogP contribution < -0.4 is 10.5 Å². The molecule has 0 aromatic heterocycles. The van der Waals surface area contributed by atoms with Crippen LogP contribution in [0.15, 0.2) is 36.4 Å². The van der Waals surface area contributed by atoms with E-state index in [-0.39, 0.29) is 0 Å². The van der Waals surface area contributed by atoms with E-state index in [0.717, 1.165) is 5.56 Å². The topological polar surface area (TPSA) is 35.2 Å². The van der Waals surface area contributed by atoms with Crippen molar-refractivity contribution in [2.24, 2.45) is 5.73 Å². The molecule has 0 aliphatic rings. The standard InChI is InChI=1S/C15H14Cl2FNO/c16-13-3-2-12(8-14(13)17)20-15-4-1-10(9-18)7-11(15)5-6-19/h1-4,7-8H,5-6,9,19H2. The summed E-state index contributed by atoms with van der Waals surface area (Å²) in [6.07, 6.45) is 0.616. The van der Waals surface area contributed by atoms with Crippen LogP contribution >= 0.6 is 23.2 Å². The first kappa shape index (κ1) is 15.1. The fraction of sp³-hybridized carbons (Fsp3) is 0.200. The van der Waals surface area contributed by atoms with Crippen LogP contribution in [0.3, 0.4) is 0 Å². The Bertz CT molecular complexity index is 604. The minimum Gasteiger partial charge on any atom is -0.457 e. The highest BCUT2D eigenvalue weighted by atomic mass is 35.5. The number of hydrogen-bond donors (Lipinski definition) is 1. The summed E-state index contributed by atoms with van der Waals surface area (Å²) >= 11 is 11.8. The summed E-state index contributed by atoms with van der Waals surface area (Å²) in [5, 5.41) is 0.888. The molecule has 0 saturated carbocycles. The molecule has 0 heterocycles. The minimum absolute atomic E-state index is 0.421. The van der Waals surface area contributed by atoms with Gasteiger partial charge in [-0.05, 0) is 48.4 Å². The van der Waals surface area contributed by atoms with Gasteiger partial charge in [-0.25, -0.2) is 4.39 Å². The van der Waals surface area contributed by atoms with Crippen molar-refractivity contribution in [2.75, 3.05) is 6.54 Å². The number of rotatable bonds is 5. The molecule has 2 aromatic carbocycles. The van der Waals surface area contributed by atoms with Crippen molar-refractivity contribution >= 4 is 23.2 Å². The summed E-state index contributed by atoms with van der Waals surface area (Å²) in [5.41, 5.74) is 7.05. The maximum absolute atomic E-state index is 12.7. The average Bonchev–Trinajstić information content (AvgIpc) is 2.45. The van der Waals surface area contributed by atoms with E-state index in [0.29, 0.717) is 40.1 Å². The van der Waals surface area contributed by atoms with Crippen molar-refractivity contribution in [3.8, 4) is 11.5 Å². The summed E-state index contributed by atoms with van der Waals surface area (Å²) in [4.78, 5) is 0. The molecule has 0 bridgehead atoms. The Morgan fingerprint density at radius 1 is 1.05 bits per heavy atom. The van der Waals surface area contributed by atoms with Gasteiger partial charge in [0.1, 0.15) is 18.2 Å². The van der Waals surface area contributed by atoms with Crippen molar-refractivity contribution in [3.05, 3.63) is 57.6 Å². The summed E-state index contributed by atoms with van der Waals surface area (Å²) in [7, 11) is 0. The van der Waals surface area contributed by atoms with Crippen LogP contribution in [0, 0.1) is 0 Å². The van der Waals surface area contributed by atoms with Crippen LogP contribution in [0.4, 0.5) is 4.39 Å². The van der Waals surface area contributed by atoms with Crippen LogP contribution in [0.5, 0.6) is 11.5 Å². The Hall–Kier alpha value is -1.29. The Labute approximate surface area is 127 Å². The molecular formula is C15H14Cl2FNO. The number of nitrogens with two attached hydrogens (primary N) is 1. The summed E-state index contributed by atoms with van der Waals surface area (Å²) in [6.45, 7) is -0.0436. The van der Waals surface area contributed by atoms with Gasteiger partial charge in [0.2, 0.25) is 0 Å². The van der Waals surface area contributed by atoms with Gasteiger partial charge in [-0.1, -0.05) is 29.3 Å². The van der Waals surface area contributed by atoms with E-state index in [9.17, 15) is 4.39 Å². The van der Waals surface area contributed by atoms with Crippen molar-refractivity contribution in [1.29, 1.82) is 0 Å². The fourth-order valence-corrected chi connectivity index (χ4v) is 2.12. The zero-order valence-corrected chi connectivity index (χ0v) is 12.2. The van der Waals surface area contributed by atoms with Crippen molar-refractivity contribution in [2.45, 2.75) is 13.1 Å². The second-order valence-corrected chi connectivity index (χ2v) is 5.11. The maximum atomic E-state index is 12.7. The largest absolute Gasteiger partial charge is 0.457 e. The third-order valence-electron chi connectivity index (χ3n) is 2.81. The highest BCUT2D eigenvalue weighted by Crippen LogP contribution is 2.31. The van der Waals surface area contributed by atoms with E-state index in [1.165, 1.54) is 0 Å². The molecule has 2 aromatic rings. The number of hydrogen-bond acceptors (Lipinski definition) is 2. The zero-order chi connectivity index (χ0) is 14.5. The molecule has 0 unspecified atom stereocenters. The van der Waals surface area contributed by atoms with Crippen LogP contribution in [0.2, 0.25) is 10.0 Å². The number of benzene rings is 2. The lowest BCUT2D eigenvalue weighted by Crippen LogP contribution is -2.04. The lowest BCUT2D eigenvalue weighted by molar-refractivity contribution is 0.470. The first-order valence-corrected chi connectivity index (χ1v) is 6.90. The summed E-state index contributed by atoms with van der Waals surface area (Å²) in [6, 6.07) is 10.2. The van der Waals surface area contributed by atoms with E-state index in [1.807, 2.05) is 0 Å². The Balaban J connectivity index is 2.29. The van der Waals surface area contributed by atoms with E-state index < -0.39 is 6.67 Å². The van der Waals surface area contributed by atoms with Gasteiger partial charge in [0, 0.05) is 6.07 Å². The molecule has 0 atom stereocenters. The van der Waals surface area contributed by atoms with Gasteiger partial charge < -0.3 is 10.5 Å². The van der Waals surface area contributed by atoms with Gasteiger partial charge in [0.25, 0.3) is 0 Å². The predicted molar refractivity (Wildman–Crippen MR) is 80.5 cm³/mol. The lowest BCUT2D eigenvalue weighted by Gasteiger charge is -2.12. The Morgan fingerprint density at radius 3 is 2.50 bits per heavy atom. The van der Waals surface area contributed by atoms with Gasteiger partial charge in [-0.2, -0.15) is 0 Å². The molecule has 106 valence electrons. The summed E-state index contributed by atoms with van der Waals surface area (Å²) < 4.78 is 18.5. The van der Waals surface area contributed by atoms with Gasteiger partial charge in [0.15, 0.2) is 0 Å². The number of alkyl halides is 1. The van der Waals surface area contributed by atoms with Gasteiger partial charge in [-0.15, -0.1) is 0 Å². The fourth-order valence-electron chi connectivity index (χ4n) is 1.83. The SMILES string of the molecule is NCCc1cc(CF)ccc1Oc1ccc(Cl)c(Cl)c1. The summed E-state index contributed by atoms with van der Waals surface area (Å²) in [5.74, 6) is 1.22. The third-order valence-corrected chi connectivity index (χ3v) is 3.55. The van der Waals surface area contributed by atoms with Gasteiger partial charge in [0.05, 0.1) is 10.0 Å². The lowest BCUT2D eigenvalue weighted by atomic mass is 10.1. The second kappa shape index (κ2) is 6.93. The molecule has 0 aliphatic carbocycles. The molecule has 0 spiro atoms. The third kappa shape index (κ3) is 3.63. The first-order valence-electron chi connectivity index (χ1n) is 6.14. The highest BCUT2D eigenvalue weighted by molar-refractivity contribution is 6.42. The molecule has 2 rings (SSSR count). The molecule has 5 heteroatoms. The van der Waals surface area contributed by atoms with Crippen LogP contribution in [-0.4, -0.2) is 6.54 Å². The number of ether oxygens (including phenoxy) is 1. The average molecular weight is 314 g/mol. The van der Waals surface area contributed by atoms with E-state index in [1.54, 1.807) is 36.4 Å². The van der Waals surface area contributed by atoms with Crippen LogP contribution in [0.1, 0.15) is 11.1 Å². The Morgan fingerprint density at radius 2 is 1.85 bits per heavy atom. The van der Waals surface area contributed by atoms with Crippen LogP contribution in [-0.2, 0) is 13.1 Å². The van der Waals surface area contributed by atoms with E-state index in [4.69, 9.17) is 33.7 Å². The van der Waals surface area contributed by atoms with E-state index >= 15 is 0 Å². The highest BCUT2D eigenvalue weighted by Gasteiger charge is 2.08. The molecule has 0 saturated heterocycles. The molecule has 0 aliphatic heterocycles. The number of halogens is 3. The molecular weight excluding hydrogens is 300 g/mol. The maximum Gasteiger partial charge on any atom is 0.130 e. The predicted octanol–water partition coefficient (Wildman–Crippen LogP) is 4.76. The van der Waals surface area contributed by atoms with E-state index in [2.05, 4.69) is 0 Å². The van der Waals surface area contributed by atoms with Crippen molar-refractivity contribution in [3.63, 3.8) is 0 Å². The zero-order valence-electron chi connectivity index (χ0n) is 10.7. The molecule has 2 nitrogen and oxygen atoms in total. The second-order valence-electron chi connectivity index (χ2n) is 4.29. The molecule has 2 N–H and O–H groups in total. The quantitative estimate of drug-likeness (QED) is 0.864. The Kier molecular flexibility index (Phi) is 5.24. The molecule has 0 radical (unpaired) electrons. The first-order chi connectivity index (χ1) is 9.63. The molecule has 0 amide bonds. The van der Waals surface area contributed by atoms with Gasteiger partial charge in [-0.3, -0.25) is 0 Å². The smallest absolute Gasteiger partial charge is 0.130 e. The van der Waals surface area contributed by atoms with Crippen molar-refractivity contribution in [1.82, 2.24) is 0 Å². The molecule has 20 heavy (non-hydrogen) atoms. The van der Waals surface area contributed by atoms with Crippen LogP contribution in [0.25, 0.3) is 0 Å². The normalized spacial score (nSPS) is 10.6. The van der Waals surface area contributed by atoms with Gasteiger partial charge >= 0.3 is 0 Å². The van der Waals surface area contributed by atoms with Crippen molar-refractivity contribution < 1.29 is 9.13 Å². The molecule has 0 fully saturated rings. The monoisotopic (exact) mass is 313 g/mol. The minimum atomic E-state index is -0.509.